The lowest BCUT2D eigenvalue weighted by molar-refractivity contribution is 0.132. The van der Waals surface area contributed by atoms with Crippen LogP contribution in [0.2, 0.25) is 0 Å². The molecule has 94 valence electrons. The van der Waals surface area contributed by atoms with Crippen LogP contribution in [-0.2, 0) is 0 Å². The van der Waals surface area contributed by atoms with Gasteiger partial charge in [0.25, 0.3) is 0 Å². The van der Waals surface area contributed by atoms with Gasteiger partial charge in [-0.05, 0) is 32.2 Å². The monoisotopic (exact) mass is 226 g/mol. The summed E-state index contributed by atoms with van der Waals surface area (Å²) in [5.41, 5.74) is 0. The minimum Gasteiger partial charge on any atom is -0.395 e. The lowest BCUT2D eigenvalue weighted by atomic mass is 10.0. The molecule has 0 aromatic heterocycles. The number of rotatable bonds is 5. The third kappa shape index (κ3) is 3.44. The van der Waals surface area contributed by atoms with Crippen LogP contribution in [0.5, 0.6) is 0 Å². The molecular weight excluding hydrogens is 200 g/mol. The molecule has 2 fully saturated rings. The number of aliphatic hydroxyl groups excluding tert-OH is 1. The van der Waals surface area contributed by atoms with E-state index in [4.69, 9.17) is 5.11 Å². The molecule has 1 heterocycles. The Labute approximate surface area is 99.2 Å². The highest BCUT2D eigenvalue weighted by Gasteiger charge is 2.25. The van der Waals surface area contributed by atoms with E-state index in [0.717, 1.165) is 19.1 Å². The molecule has 3 heteroatoms. The molecule has 2 N–H and O–H groups in total. The molecule has 0 aromatic rings. The molecule has 1 unspecified atom stereocenters. The summed E-state index contributed by atoms with van der Waals surface area (Å²) in [6.45, 7) is 3.50. The smallest absolute Gasteiger partial charge is 0.0558 e. The van der Waals surface area contributed by atoms with Crippen molar-refractivity contribution >= 4 is 0 Å². The summed E-state index contributed by atoms with van der Waals surface area (Å²) in [5.74, 6) is 0. The van der Waals surface area contributed by atoms with Crippen LogP contribution in [-0.4, -0.2) is 48.3 Å². The minimum absolute atomic E-state index is 0.309. The van der Waals surface area contributed by atoms with Gasteiger partial charge in [-0.2, -0.15) is 0 Å². The highest BCUT2D eigenvalue weighted by atomic mass is 16.3. The quantitative estimate of drug-likeness (QED) is 0.743. The first-order valence-corrected chi connectivity index (χ1v) is 6.98. The lowest BCUT2D eigenvalue weighted by Gasteiger charge is -2.34. The van der Waals surface area contributed by atoms with E-state index in [1.165, 1.54) is 51.5 Å². The van der Waals surface area contributed by atoms with Crippen molar-refractivity contribution < 1.29 is 5.11 Å². The van der Waals surface area contributed by atoms with Gasteiger partial charge < -0.3 is 10.4 Å². The molecule has 16 heavy (non-hydrogen) atoms. The van der Waals surface area contributed by atoms with Gasteiger partial charge >= 0.3 is 0 Å². The summed E-state index contributed by atoms with van der Waals surface area (Å²) in [4.78, 5) is 2.52. The van der Waals surface area contributed by atoms with Crippen LogP contribution >= 0.6 is 0 Å². The highest BCUT2D eigenvalue weighted by Crippen LogP contribution is 2.24. The second kappa shape index (κ2) is 6.58. The van der Waals surface area contributed by atoms with Crippen molar-refractivity contribution in [3.8, 4) is 0 Å². The van der Waals surface area contributed by atoms with Crippen molar-refractivity contribution in [1.82, 2.24) is 10.2 Å². The Hall–Kier alpha value is -0.120. The molecule has 0 amide bonds. The summed E-state index contributed by atoms with van der Waals surface area (Å²) in [5, 5.41) is 12.8. The van der Waals surface area contributed by atoms with Crippen LogP contribution in [0.25, 0.3) is 0 Å². The molecule has 0 aromatic carbocycles. The number of piperidine rings is 1. The summed E-state index contributed by atoms with van der Waals surface area (Å²) < 4.78 is 0. The van der Waals surface area contributed by atoms with Gasteiger partial charge in [0.1, 0.15) is 0 Å². The predicted octanol–water partition coefficient (Wildman–Crippen LogP) is 1.37. The first kappa shape index (κ1) is 12.3. The number of aliphatic hydroxyl groups is 1. The fourth-order valence-corrected chi connectivity index (χ4v) is 3.18. The zero-order chi connectivity index (χ0) is 11.2. The molecule has 1 saturated carbocycles. The summed E-state index contributed by atoms with van der Waals surface area (Å²) >= 11 is 0. The standard InChI is InChI=1S/C13H26N2O/c16-10-9-15(13-6-1-2-7-13)11-12-5-3-4-8-14-12/h12-14,16H,1-11H2. The Balaban J connectivity index is 1.80. The van der Waals surface area contributed by atoms with Crippen LogP contribution in [0.1, 0.15) is 44.9 Å². The first-order valence-electron chi connectivity index (χ1n) is 6.98. The van der Waals surface area contributed by atoms with Gasteiger partial charge in [0, 0.05) is 25.2 Å². The molecule has 0 bridgehead atoms. The topological polar surface area (TPSA) is 35.5 Å². The Morgan fingerprint density at radius 2 is 1.81 bits per heavy atom. The molecule has 0 spiro atoms. The van der Waals surface area contributed by atoms with E-state index in [1.807, 2.05) is 0 Å². The number of nitrogens with one attached hydrogen (secondary N) is 1. The van der Waals surface area contributed by atoms with Gasteiger partial charge in [-0.1, -0.05) is 19.3 Å². The fraction of sp³-hybridized carbons (Fsp3) is 1.00. The van der Waals surface area contributed by atoms with Crippen LogP contribution < -0.4 is 5.32 Å². The van der Waals surface area contributed by atoms with E-state index in [0.29, 0.717) is 12.6 Å². The maximum Gasteiger partial charge on any atom is 0.0558 e. The zero-order valence-electron chi connectivity index (χ0n) is 10.3. The Kier molecular flexibility index (Phi) is 5.07. The molecular formula is C13H26N2O. The maximum atomic E-state index is 9.16. The van der Waals surface area contributed by atoms with Crippen LogP contribution in [0.15, 0.2) is 0 Å². The average molecular weight is 226 g/mol. The lowest BCUT2D eigenvalue weighted by Crippen LogP contribution is -2.47. The van der Waals surface area contributed by atoms with Crippen molar-refractivity contribution in [3.63, 3.8) is 0 Å². The Bertz CT molecular complexity index is 186. The van der Waals surface area contributed by atoms with E-state index in [-0.39, 0.29) is 0 Å². The summed E-state index contributed by atoms with van der Waals surface area (Å²) in [7, 11) is 0. The van der Waals surface area contributed by atoms with Crippen LogP contribution in [0.3, 0.4) is 0 Å². The van der Waals surface area contributed by atoms with E-state index >= 15 is 0 Å². The van der Waals surface area contributed by atoms with E-state index in [2.05, 4.69) is 10.2 Å². The molecule has 2 rings (SSSR count). The van der Waals surface area contributed by atoms with E-state index in [9.17, 15) is 0 Å². The maximum absolute atomic E-state index is 9.16. The van der Waals surface area contributed by atoms with E-state index in [1.54, 1.807) is 0 Å². The Morgan fingerprint density at radius 1 is 1.06 bits per heavy atom. The second-order valence-electron chi connectivity index (χ2n) is 5.30. The SMILES string of the molecule is OCCN(CC1CCCCN1)C1CCCC1. The van der Waals surface area contributed by atoms with Gasteiger partial charge in [0.2, 0.25) is 0 Å². The van der Waals surface area contributed by atoms with Gasteiger partial charge in [-0.15, -0.1) is 0 Å². The summed E-state index contributed by atoms with van der Waals surface area (Å²) in [6.07, 6.45) is 9.46. The van der Waals surface area contributed by atoms with Gasteiger partial charge in [0.15, 0.2) is 0 Å². The van der Waals surface area contributed by atoms with Crippen molar-refractivity contribution in [2.24, 2.45) is 0 Å². The second-order valence-corrected chi connectivity index (χ2v) is 5.30. The van der Waals surface area contributed by atoms with E-state index < -0.39 is 0 Å². The molecule has 1 atom stereocenters. The van der Waals surface area contributed by atoms with Crippen molar-refractivity contribution in [2.75, 3.05) is 26.2 Å². The summed E-state index contributed by atoms with van der Waals surface area (Å²) in [6, 6.07) is 1.41. The number of nitrogens with zero attached hydrogens (tertiary/aromatic N) is 1. The Morgan fingerprint density at radius 3 is 2.44 bits per heavy atom. The van der Waals surface area contributed by atoms with Gasteiger partial charge in [0.05, 0.1) is 6.61 Å². The van der Waals surface area contributed by atoms with Crippen LogP contribution in [0.4, 0.5) is 0 Å². The highest BCUT2D eigenvalue weighted by molar-refractivity contribution is 4.82. The van der Waals surface area contributed by atoms with Crippen LogP contribution in [0, 0.1) is 0 Å². The third-order valence-electron chi connectivity index (χ3n) is 4.10. The molecule has 1 saturated heterocycles. The van der Waals surface area contributed by atoms with Crippen molar-refractivity contribution in [1.29, 1.82) is 0 Å². The molecule has 3 nitrogen and oxygen atoms in total. The molecule has 1 aliphatic carbocycles. The molecule has 1 aliphatic heterocycles. The average Bonchev–Trinajstić information content (AvgIpc) is 2.83. The van der Waals surface area contributed by atoms with Gasteiger partial charge in [-0.3, -0.25) is 4.90 Å². The largest absolute Gasteiger partial charge is 0.395 e. The normalized spacial score (nSPS) is 27.8. The molecule has 2 aliphatic rings. The number of hydrogen-bond donors (Lipinski definition) is 2. The minimum atomic E-state index is 0.309. The molecule has 0 radical (unpaired) electrons. The van der Waals surface area contributed by atoms with Crippen molar-refractivity contribution in [2.45, 2.75) is 57.0 Å². The van der Waals surface area contributed by atoms with Gasteiger partial charge in [-0.25, -0.2) is 0 Å². The van der Waals surface area contributed by atoms with Crippen molar-refractivity contribution in [3.05, 3.63) is 0 Å². The third-order valence-corrected chi connectivity index (χ3v) is 4.10. The fourth-order valence-electron chi connectivity index (χ4n) is 3.18. The first-order chi connectivity index (χ1) is 7.90. The number of hydrogen-bond acceptors (Lipinski definition) is 3. The zero-order valence-corrected chi connectivity index (χ0v) is 10.3. The predicted molar refractivity (Wildman–Crippen MR) is 66.6 cm³/mol.